The van der Waals surface area contributed by atoms with Crippen molar-refractivity contribution < 1.29 is 28.7 Å². The molecule has 0 aliphatic rings. The van der Waals surface area contributed by atoms with E-state index in [1.54, 1.807) is 37.3 Å². The Kier molecular flexibility index (Phi) is 9.64. The van der Waals surface area contributed by atoms with Gasteiger partial charge < -0.3 is 19.5 Å². The summed E-state index contributed by atoms with van der Waals surface area (Å²) in [4.78, 5) is 35.7. The van der Waals surface area contributed by atoms with Crippen molar-refractivity contribution in [3.63, 3.8) is 0 Å². The van der Waals surface area contributed by atoms with Gasteiger partial charge >= 0.3 is 5.97 Å². The molecular weight excluding hydrogens is 629 g/mol. The zero-order valence-electron chi connectivity index (χ0n) is 20.0. The molecule has 0 bridgehead atoms. The molecule has 0 aliphatic heterocycles. The lowest BCUT2D eigenvalue weighted by Crippen LogP contribution is -2.14. The van der Waals surface area contributed by atoms with Gasteiger partial charge in [-0.2, -0.15) is 5.26 Å². The van der Waals surface area contributed by atoms with Crippen molar-refractivity contribution >= 4 is 63.5 Å². The second-order valence-electron chi connectivity index (χ2n) is 7.43. The Morgan fingerprint density at radius 1 is 1.18 bits per heavy atom. The maximum atomic E-state index is 12.7. The van der Waals surface area contributed by atoms with Gasteiger partial charge in [0.25, 0.3) is 11.6 Å². The molecule has 0 saturated heterocycles. The molecular formula is C26H19ClIN3O7. The fourth-order valence-electron chi connectivity index (χ4n) is 3.14. The summed E-state index contributed by atoms with van der Waals surface area (Å²) in [7, 11) is 1.52. The Bertz CT molecular complexity index is 1470. The second kappa shape index (κ2) is 12.9. The molecule has 194 valence electrons. The van der Waals surface area contributed by atoms with Crippen molar-refractivity contribution in [2.24, 2.45) is 0 Å². The summed E-state index contributed by atoms with van der Waals surface area (Å²) in [5.74, 6) is -0.358. The molecule has 0 saturated carbocycles. The van der Waals surface area contributed by atoms with Gasteiger partial charge in [-0.3, -0.25) is 14.9 Å². The zero-order chi connectivity index (χ0) is 27.8. The molecule has 0 fully saturated rings. The first-order chi connectivity index (χ1) is 18.2. The molecule has 3 aromatic carbocycles. The number of anilines is 1. The molecule has 0 radical (unpaired) electrons. The molecule has 0 heterocycles. The minimum atomic E-state index is -0.772. The molecule has 10 nitrogen and oxygen atoms in total. The molecule has 0 atom stereocenters. The molecule has 1 N–H and O–H groups in total. The van der Waals surface area contributed by atoms with E-state index in [9.17, 15) is 25.0 Å². The number of non-ortho nitro benzene ring substituents is 1. The van der Waals surface area contributed by atoms with Crippen molar-refractivity contribution in [3.8, 4) is 23.3 Å². The van der Waals surface area contributed by atoms with Gasteiger partial charge in [-0.15, -0.1) is 0 Å². The van der Waals surface area contributed by atoms with E-state index in [1.165, 1.54) is 31.4 Å². The molecule has 0 aliphatic carbocycles. The number of halogens is 2. The van der Waals surface area contributed by atoms with Crippen LogP contribution in [0.25, 0.3) is 6.08 Å². The largest absolute Gasteiger partial charge is 0.497 e. The van der Waals surface area contributed by atoms with E-state index >= 15 is 0 Å². The van der Waals surface area contributed by atoms with Crippen molar-refractivity contribution in [2.45, 2.75) is 6.92 Å². The van der Waals surface area contributed by atoms with Gasteiger partial charge in [0, 0.05) is 12.1 Å². The molecule has 0 unspecified atom stereocenters. The van der Waals surface area contributed by atoms with E-state index in [2.05, 4.69) is 5.32 Å². The number of hydrogen-bond donors (Lipinski definition) is 1. The SMILES string of the molecule is CCOc1cc(C=C(C#N)C(=O)Nc2ccc([N+](=O)[O-])cc2Cl)cc(I)c1OC(=O)c1ccc(OC)cc1. The van der Waals surface area contributed by atoms with Crippen LogP contribution >= 0.6 is 34.2 Å². The number of carbonyl (C=O) groups excluding carboxylic acids is 2. The number of rotatable bonds is 9. The standard InChI is InChI=1S/C26H19ClIN3O7/c1-3-37-23-12-15(11-21(28)24(23)38-26(33)16-4-7-19(36-2)8-5-16)10-17(14-29)25(32)30-22-9-6-18(31(34)35)13-20(22)27/h4-13H,3H2,1-2H3,(H,30,32). The lowest BCUT2D eigenvalue weighted by Gasteiger charge is -2.14. The Labute approximate surface area is 236 Å². The van der Waals surface area contributed by atoms with Crippen LogP contribution < -0.4 is 19.5 Å². The molecule has 1 amide bonds. The maximum Gasteiger partial charge on any atom is 0.343 e. The molecule has 3 rings (SSSR count). The first-order valence-electron chi connectivity index (χ1n) is 10.9. The first-order valence-corrected chi connectivity index (χ1v) is 12.3. The number of nitriles is 1. The minimum absolute atomic E-state index is 0.0546. The van der Waals surface area contributed by atoms with Gasteiger partial charge in [-0.05, 0) is 83.6 Å². The molecule has 0 spiro atoms. The predicted molar refractivity (Wildman–Crippen MR) is 149 cm³/mol. The van der Waals surface area contributed by atoms with E-state index < -0.39 is 16.8 Å². The highest BCUT2D eigenvalue weighted by Crippen LogP contribution is 2.36. The van der Waals surface area contributed by atoms with Crippen LogP contribution in [0.5, 0.6) is 17.2 Å². The minimum Gasteiger partial charge on any atom is -0.497 e. The Morgan fingerprint density at radius 2 is 1.89 bits per heavy atom. The number of benzene rings is 3. The van der Waals surface area contributed by atoms with Crippen LogP contribution in [0, 0.1) is 25.0 Å². The number of carbonyl (C=O) groups is 2. The number of amides is 1. The number of nitro benzene ring substituents is 1. The van der Waals surface area contributed by atoms with E-state index in [-0.39, 0.29) is 40.1 Å². The predicted octanol–water partition coefficient (Wildman–Crippen LogP) is 6.02. The number of nitrogens with zero attached hydrogens (tertiary/aromatic N) is 2. The smallest absolute Gasteiger partial charge is 0.343 e. The lowest BCUT2D eigenvalue weighted by molar-refractivity contribution is -0.384. The number of esters is 1. The van der Waals surface area contributed by atoms with Crippen LogP contribution in [-0.4, -0.2) is 30.5 Å². The van der Waals surface area contributed by atoms with Crippen LogP contribution in [0.3, 0.4) is 0 Å². The Morgan fingerprint density at radius 3 is 2.47 bits per heavy atom. The number of nitro groups is 1. The van der Waals surface area contributed by atoms with Crippen molar-refractivity contribution in [2.75, 3.05) is 19.0 Å². The zero-order valence-corrected chi connectivity index (χ0v) is 22.9. The molecule has 0 aromatic heterocycles. The second-order valence-corrected chi connectivity index (χ2v) is 9.00. The highest BCUT2D eigenvalue weighted by molar-refractivity contribution is 14.1. The van der Waals surface area contributed by atoms with Gasteiger partial charge in [0.2, 0.25) is 0 Å². The van der Waals surface area contributed by atoms with Crippen molar-refractivity contribution in [1.82, 2.24) is 0 Å². The van der Waals surface area contributed by atoms with E-state index in [0.29, 0.717) is 20.4 Å². The van der Waals surface area contributed by atoms with Gasteiger partial charge in [0.15, 0.2) is 11.5 Å². The summed E-state index contributed by atoms with van der Waals surface area (Å²) in [6.07, 6.45) is 1.33. The third-order valence-electron chi connectivity index (χ3n) is 4.94. The van der Waals surface area contributed by atoms with Crippen LogP contribution in [-0.2, 0) is 4.79 Å². The monoisotopic (exact) mass is 647 g/mol. The average Bonchev–Trinajstić information content (AvgIpc) is 2.90. The molecule has 38 heavy (non-hydrogen) atoms. The summed E-state index contributed by atoms with van der Waals surface area (Å²) in [5.41, 5.74) is 0.342. The highest BCUT2D eigenvalue weighted by Gasteiger charge is 2.19. The van der Waals surface area contributed by atoms with Crippen LogP contribution in [0.1, 0.15) is 22.8 Å². The first kappa shape index (κ1) is 28.4. The van der Waals surface area contributed by atoms with E-state index in [0.717, 1.165) is 6.07 Å². The fraction of sp³-hybridized carbons (Fsp3) is 0.115. The maximum absolute atomic E-state index is 12.7. The Hall–Kier alpha value is -4.15. The number of hydrogen-bond acceptors (Lipinski definition) is 8. The molecule has 3 aromatic rings. The summed E-state index contributed by atoms with van der Waals surface area (Å²) in [5, 5.41) is 22.9. The number of methoxy groups -OCH3 is 1. The van der Waals surface area contributed by atoms with E-state index in [1.807, 2.05) is 28.7 Å². The van der Waals surface area contributed by atoms with Crippen molar-refractivity contribution in [1.29, 1.82) is 5.26 Å². The van der Waals surface area contributed by atoms with Gasteiger partial charge in [-0.25, -0.2) is 4.79 Å². The summed E-state index contributed by atoms with van der Waals surface area (Å²) in [6.45, 7) is 2.02. The number of ether oxygens (including phenoxy) is 3. The fourth-order valence-corrected chi connectivity index (χ4v) is 4.09. The van der Waals surface area contributed by atoms with Crippen LogP contribution in [0.2, 0.25) is 5.02 Å². The third-order valence-corrected chi connectivity index (χ3v) is 6.05. The normalized spacial score (nSPS) is 10.8. The summed E-state index contributed by atoms with van der Waals surface area (Å²) < 4.78 is 16.9. The van der Waals surface area contributed by atoms with Gasteiger partial charge in [0.05, 0.1) is 38.5 Å². The van der Waals surface area contributed by atoms with Crippen LogP contribution in [0.15, 0.2) is 60.2 Å². The van der Waals surface area contributed by atoms with E-state index in [4.69, 9.17) is 25.8 Å². The third kappa shape index (κ3) is 6.99. The quantitative estimate of drug-likeness (QED) is 0.0565. The molecule has 12 heteroatoms. The Balaban J connectivity index is 1.87. The van der Waals surface area contributed by atoms with Gasteiger partial charge in [-0.1, -0.05) is 11.6 Å². The summed E-state index contributed by atoms with van der Waals surface area (Å²) in [6, 6.07) is 14.9. The topological polar surface area (TPSA) is 141 Å². The average molecular weight is 648 g/mol. The highest BCUT2D eigenvalue weighted by atomic mass is 127. The van der Waals surface area contributed by atoms with Crippen LogP contribution in [0.4, 0.5) is 11.4 Å². The summed E-state index contributed by atoms with van der Waals surface area (Å²) >= 11 is 7.99. The van der Waals surface area contributed by atoms with Gasteiger partial charge in [0.1, 0.15) is 17.4 Å². The van der Waals surface area contributed by atoms with Crippen molar-refractivity contribution in [3.05, 3.63) is 90.0 Å². The number of nitrogens with one attached hydrogen (secondary N) is 1. The lowest BCUT2D eigenvalue weighted by atomic mass is 10.1.